The fourth-order valence-electron chi connectivity index (χ4n) is 2.67. The predicted octanol–water partition coefficient (Wildman–Crippen LogP) is 2.99. The molecule has 2 aromatic rings. The molecule has 2 aromatic carbocycles. The lowest BCUT2D eigenvalue weighted by Gasteiger charge is -2.18. The molecule has 6 nitrogen and oxygen atoms in total. The lowest BCUT2D eigenvalue weighted by Crippen LogP contribution is -2.42. The van der Waals surface area contributed by atoms with Gasteiger partial charge in [-0.15, -0.1) is 0 Å². The van der Waals surface area contributed by atoms with Gasteiger partial charge >= 0.3 is 6.03 Å². The van der Waals surface area contributed by atoms with Crippen LogP contribution in [-0.4, -0.2) is 25.6 Å². The van der Waals surface area contributed by atoms with Crippen LogP contribution in [0.15, 0.2) is 42.5 Å². The first-order valence-corrected chi connectivity index (χ1v) is 8.90. The maximum atomic E-state index is 12.1. The summed E-state index contributed by atoms with van der Waals surface area (Å²) >= 11 is 0. The Morgan fingerprint density at radius 3 is 2.33 bits per heavy atom. The minimum absolute atomic E-state index is 0.0990. The monoisotopic (exact) mass is 369 g/mol. The number of hydrogen-bond acceptors (Lipinski definition) is 3. The van der Waals surface area contributed by atoms with Gasteiger partial charge in [-0.2, -0.15) is 0 Å². The Balaban J connectivity index is 1.79. The van der Waals surface area contributed by atoms with E-state index in [1.807, 2.05) is 63.2 Å². The van der Waals surface area contributed by atoms with Crippen LogP contribution in [0.5, 0.6) is 5.75 Å². The predicted molar refractivity (Wildman–Crippen MR) is 106 cm³/mol. The van der Waals surface area contributed by atoms with Gasteiger partial charge in [0.25, 0.3) is 0 Å². The van der Waals surface area contributed by atoms with Gasteiger partial charge < -0.3 is 20.7 Å². The summed E-state index contributed by atoms with van der Waals surface area (Å²) in [6, 6.07) is 13.1. The second-order valence-electron chi connectivity index (χ2n) is 6.56. The van der Waals surface area contributed by atoms with Crippen LogP contribution < -0.4 is 20.7 Å². The average Bonchev–Trinajstić information content (AvgIpc) is 2.65. The molecule has 0 fully saturated rings. The first-order valence-electron chi connectivity index (χ1n) is 8.90. The lowest BCUT2D eigenvalue weighted by atomic mass is 10.0. The van der Waals surface area contributed by atoms with Crippen LogP contribution in [0.3, 0.4) is 0 Å². The molecule has 0 saturated heterocycles. The molecule has 27 heavy (non-hydrogen) atoms. The second kappa shape index (κ2) is 9.62. The highest BCUT2D eigenvalue weighted by molar-refractivity contribution is 5.84. The van der Waals surface area contributed by atoms with Crippen molar-refractivity contribution >= 4 is 11.9 Å². The molecule has 6 heteroatoms. The number of carbonyl (C=O) groups excluding carboxylic acids is 2. The minimum atomic E-state index is -0.383. The van der Waals surface area contributed by atoms with E-state index in [9.17, 15) is 9.59 Å². The second-order valence-corrected chi connectivity index (χ2v) is 6.56. The quantitative estimate of drug-likeness (QED) is 0.702. The fourth-order valence-corrected chi connectivity index (χ4v) is 2.67. The number of nitrogens with one attached hydrogen (secondary N) is 3. The van der Waals surface area contributed by atoms with Gasteiger partial charge in [-0.1, -0.05) is 47.5 Å². The van der Waals surface area contributed by atoms with E-state index in [0.29, 0.717) is 6.54 Å². The third-order valence-corrected chi connectivity index (χ3v) is 4.21. The molecule has 0 radical (unpaired) electrons. The third kappa shape index (κ3) is 6.33. The molecule has 0 aliphatic rings. The van der Waals surface area contributed by atoms with Crippen molar-refractivity contribution in [3.63, 3.8) is 0 Å². The number of amides is 3. The summed E-state index contributed by atoms with van der Waals surface area (Å²) in [6.45, 7) is 6.18. The molecule has 1 unspecified atom stereocenters. The number of urea groups is 1. The average molecular weight is 369 g/mol. The minimum Gasteiger partial charge on any atom is -0.496 e. The van der Waals surface area contributed by atoms with Crippen molar-refractivity contribution in [1.29, 1.82) is 0 Å². The highest BCUT2D eigenvalue weighted by atomic mass is 16.5. The number of hydrogen-bond donors (Lipinski definition) is 3. The number of carbonyl (C=O) groups is 2. The molecule has 0 saturated carbocycles. The Labute approximate surface area is 160 Å². The highest BCUT2D eigenvalue weighted by Gasteiger charge is 2.14. The standard InChI is InChI=1S/C21H27N3O3/c1-14-5-8-17(9-6-14)12-22-21(26)23-13-20(25)24-16(3)18-11-15(2)7-10-19(18)27-4/h5-11,16H,12-13H2,1-4H3,(H,24,25)(H2,22,23,26). The molecule has 2 rings (SSSR count). The van der Waals surface area contributed by atoms with Gasteiger partial charge in [-0.3, -0.25) is 4.79 Å². The van der Waals surface area contributed by atoms with Crippen LogP contribution in [0.4, 0.5) is 4.79 Å². The first kappa shape index (κ1) is 20.3. The number of rotatable bonds is 7. The molecule has 0 spiro atoms. The summed E-state index contributed by atoms with van der Waals surface area (Å²) in [7, 11) is 1.60. The zero-order chi connectivity index (χ0) is 19.8. The molecule has 1 atom stereocenters. The summed E-state index contributed by atoms with van der Waals surface area (Å²) in [6.07, 6.45) is 0. The Hall–Kier alpha value is -3.02. The molecule has 3 amide bonds. The van der Waals surface area contributed by atoms with Crippen molar-refractivity contribution in [2.24, 2.45) is 0 Å². The van der Waals surface area contributed by atoms with Crippen molar-refractivity contribution in [2.75, 3.05) is 13.7 Å². The normalized spacial score (nSPS) is 11.4. The topological polar surface area (TPSA) is 79.5 Å². The van der Waals surface area contributed by atoms with Crippen molar-refractivity contribution in [3.05, 3.63) is 64.7 Å². The smallest absolute Gasteiger partial charge is 0.315 e. The van der Waals surface area contributed by atoms with Crippen LogP contribution >= 0.6 is 0 Å². The molecule has 144 valence electrons. The summed E-state index contributed by atoms with van der Waals surface area (Å²) in [5.41, 5.74) is 4.15. The van der Waals surface area contributed by atoms with Crippen molar-refractivity contribution < 1.29 is 14.3 Å². The van der Waals surface area contributed by atoms with Gasteiger partial charge in [0, 0.05) is 12.1 Å². The van der Waals surface area contributed by atoms with Gasteiger partial charge in [0.05, 0.1) is 19.7 Å². The van der Waals surface area contributed by atoms with Crippen molar-refractivity contribution in [1.82, 2.24) is 16.0 Å². The van der Waals surface area contributed by atoms with E-state index in [0.717, 1.165) is 22.4 Å². The molecule has 0 aliphatic heterocycles. The zero-order valence-electron chi connectivity index (χ0n) is 16.3. The Kier molecular flexibility index (Phi) is 7.23. The van der Waals surface area contributed by atoms with Gasteiger partial charge in [0.15, 0.2) is 0 Å². The maximum absolute atomic E-state index is 12.1. The first-order chi connectivity index (χ1) is 12.9. The van der Waals surface area contributed by atoms with Crippen LogP contribution in [0, 0.1) is 13.8 Å². The lowest BCUT2D eigenvalue weighted by molar-refractivity contribution is -0.120. The molecule has 0 aliphatic carbocycles. The van der Waals surface area contributed by atoms with E-state index in [-0.39, 0.29) is 24.5 Å². The van der Waals surface area contributed by atoms with E-state index >= 15 is 0 Å². The SMILES string of the molecule is COc1ccc(C)cc1C(C)NC(=O)CNC(=O)NCc1ccc(C)cc1. The number of methoxy groups -OCH3 is 1. The largest absolute Gasteiger partial charge is 0.496 e. The van der Waals surface area contributed by atoms with Crippen LogP contribution in [0.25, 0.3) is 0 Å². The molecule has 0 bridgehead atoms. The zero-order valence-corrected chi connectivity index (χ0v) is 16.3. The molecule has 0 heterocycles. The summed E-state index contributed by atoms with van der Waals surface area (Å²) in [5.74, 6) is 0.453. The van der Waals surface area contributed by atoms with E-state index in [1.54, 1.807) is 7.11 Å². The maximum Gasteiger partial charge on any atom is 0.315 e. The van der Waals surface area contributed by atoms with Gasteiger partial charge in [-0.05, 0) is 32.4 Å². The Morgan fingerprint density at radius 1 is 1.00 bits per heavy atom. The van der Waals surface area contributed by atoms with E-state index in [4.69, 9.17) is 4.74 Å². The van der Waals surface area contributed by atoms with Crippen LogP contribution in [-0.2, 0) is 11.3 Å². The van der Waals surface area contributed by atoms with E-state index in [1.165, 1.54) is 5.56 Å². The van der Waals surface area contributed by atoms with E-state index in [2.05, 4.69) is 16.0 Å². The fraction of sp³-hybridized carbons (Fsp3) is 0.333. The van der Waals surface area contributed by atoms with Crippen LogP contribution in [0.1, 0.15) is 35.2 Å². The molecular weight excluding hydrogens is 342 g/mol. The number of aryl methyl sites for hydroxylation is 2. The molecular formula is C21H27N3O3. The van der Waals surface area contributed by atoms with Gasteiger partial charge in [0.2, 0.25) is 5.91 Å². The number of ether oxygens (including phenoxy) is 1. The number of benzene rings is 2. The van der Waals surface area contributed by atoms with Gasteiger partial charge in [-0.25, -0.2) is 4.79 Å². The highest BCUT2D eigenvalue weighted by Crippen LogP contribution is 2.25. The van der Waals surface area contributed by atoms with Crippen molar-refractivity contribution in [3.8, 4) is 5.75 Å². The Morgan fingerprint density at radius 2 is 1.67 bits per heavy atom. The molecule has 3 N–H and O–H groups in total. The Bertz CT molecular complexity index is 788. The summed E-state index contributed by atoms with van der Waals surface area (Å²) < 4.78 is 5.35. The third-order valence-electron chi connectivity index (χ3n) is 4.21. The van der Waals surface area contributed by atoms with Gasteiger partial charge in [0.1, 0.15) is 5.75 Å². The van der Waals surface area contributed by atoms with Crippen LogP contribution in [0.2, 0.25) is 0 Å². The molecule has 0 aromatic heterocycles. The summed E-state index contributed by atoms with van der Waals surface area (Å²) in [4.78, 5) is 24.0. The van der Waals surface area contributed by atoms with E-state index < -0.39 is 0 Å². The van der Waals surface area contributed by atoms with Crippen molar-refractivity contribution in [2.45, 2.75) is 33.4 Å². The summed E-state index contributed by atoms with van der Waals surface area (Å²) in [5, 5.41) is 8.17.